The molecule has 0 saturated heterocycles. The number of nitrogens with zero attached hydrogens (tertiary/aromatic N) is 1. The molecule has 0 saturated carbocycles. The second-order valence-corrected chi connectivity index (χ2v) is 6.62. The first kappa shape index (κ1) is 17.0. The fraction of sp³-hybridized carbons (Fsp3) is 0.188. The molecule has 0 bridgehead atoms. The van der Waals surface area contributed by atoms with Crippen LogP contribution in [0.15, 0.2) is 59.5 Å². The maximum atomic E-state index is 13.0. The Labute approximate surface area is 134 Å². The first-order chi connectivity index (χ1) is 10.9. The average molecular weight is 336 g/mol. The van der Waals surface area contributed by atoms with Crippen LogP contribution >= 0.6 is 0 Å². The Kier molecular flexibility index (Phi) is 5.33. The highest BCUT2D eigenvalue weighted by molar-refractivity contribution is 7.92. The number of anilines is 1. The van der Waals surface area contributed by atoms with Crippen molar-refractivity contribution in [1.82, 2.24) is 5.32 Å². The quantitative estimate of drug-likeness (QED) is 0.879. The van der Waals surface area contributed by atoms with Gasteiger partial charge in [-0.3, -0.25) is 9.10 Å². The molecule has 1 amide bonds. The third kappa shape index (κ3) is 4.07. The van der Waals surface area contributed by atoms with E-state index in [1.807, 2.05) is 0 Å². The molecule has 0 spiro atoms. The molecule has 0 aliphatic rings. The fourth-order valence-electron chi connectivity index (χ4n) is 2.03. The lowest BCUT2D eigenvalue weighted by Gasteiger charge is -2.24. The van der Waals surface area contributed by atoms with Gasteiger partial charge in [-0.2, -0.15) is 0 Å². The Morgan fingerprint density at radius 2 is 1.70 bits per heavy atom. The molecule has 0 atom stereocenters. The Hall–Kier alpha value is -2.41. The first-order valence-corrected chi connectivity index (χ1v) is 8.49. The minimum absolute atomic E-state index is 0.0768. The highest BCUT2D eigenvalue weighted by atomic mass is 32.2. The van der Waals surface area contributed by atoms with Crippen molar-refractivity contribution in [1.29, 1.82) is 0 Å². The number of hydrogen-bond acceptors (Lipinski definition) is 3. The summed E-state index contributed by atoms with van der Waals surface area (Å²) >= 11 is 0. The van der Waals surface area contributed by atoms with Crippen LogP contribution in [0.25, 0.3) is 0 Å². The zero-order chi connectivity index (χ0) is 16.9. The number of amides is 1. The lowest BCUT2D eigenvalue weighted by Crippen LogP contribution is -2.40. The number of carbonyl (C=O) groups excluding carboxylic acids is 1. The Morgan fingerprint density at radius 1 is 1.09 bits per heavy atom. The number of carbonyl (C=O) groups is 1. The van der Waals surface area contributed by atoms with Crippen molar-refractivity contribution in [2.45, 2.75) is 11.8 Å². The van der Waals surface area contributed by atoms with Crippen LogP contribution in [0.4, 0.5) is 10.1 Å². The van der Waals surface area contributed by atoms with Gasteiger partial charge in [0, 0.05) is 6.54 Å². The van der Waals surface area contributed by atoms with Gasteiger partial charge in [0.05, 0.1) is 10.6 Å². The minimum Gasteiger partial charge on any atom is -0.355 e. The van der Waals surface area contributed by atoms with Gasteiger partial charge < -0.3 is 5.32 Å². The van der Waals surface area contributed by atoms with Crippen molar-refractivity contribution >= 4 is 21.6 Å². The maximum Gasteiger partial charge on any atom is 0.264 e. The predicted molar refractivity (Wildman–Crippen MR) is 86.1 cm³/mol. The largest absolute Gasteiger partial charge is 0.355 e. The van der Waals surface area contributed by atoms with E-state index in [0.717, 1.165) is 16.4 Å². The van der Waals surface area contributed by atoms with Crippen LogP contribution in [0.5, 0.6) is 0 Å². The molecular formula is C16H17FN2O3S. The van der Waals surface area contributed by atoms with E-state index < -0.39 is 21.7 Å². The van der Waals surface area contributed by atoms with Gasteiger partial charge in [0.2, 0.25) is 5.91 Å². The van der Waals surface area contributed by atoms with E-state index in [4.69, 9.17) is 0 Å². The Morgan fingerprint density at radius 3 is 2.26 bits per heavy atom. The van der Waals surface area contributed by atoms with E-state index in [1.165, 1.54) is 12.1 Å². The summed E-state index contributed by atoms with van der Waals surface area (Å²) in [5.41, 5.74) is 0.364. The van der Waals surface area contributed by atoms with Crippen LogP contribution in [-0.4, -0.2) is 27.4 Å². The second-order valence-electron chi connectivity index (χ2n) is 4.75. The van der Waals surface area contributed by atoms with E-state index in [0.29, 0.717) is 12.2 Å². The molecule has 0 radical (unpaired) electrons. The van der Waals surface area contributed by atoms with Crippen molar-refractivity contribution in [3.8, 4) is 0 Å². The van der Waals surface area contributed by atoms with Gasteiger partial charge in [-0.25, -0.2) is 12.8 Å². The van der Waals surface area contributed by atoms with Crippen molar-refractivity contribution in [2.24, 2.45) is 0 Å². The third-order valence-electron chi connectivity index (χ3n) is 3.11. The molecule has 0 aliphatic carbocycles. The van der Waals surface area contributed by atoms with Gasteiger partial charge in [-0.1, -0.05) is 18.2 Å². The van der Waals surface area contributed by atoms with Gasteiger partial charge in [-0.15, -0.1) is 0 Å². The van der Waals surface area contributed by atoms with Crippen molar-refractivity contribution in [3.05, 3.63) is 60.4 Å². The SMILES string of the molecule is CCNC(=O)CN(c1ccccc1)S(=O)(=O)c1ccc(F)cc1. The Bertz CT molecular complexity index is 762. The van der Waals surface area contributed by atoms with Crippen LogP contribution in [0.3, 0.4) is 0 Å². The molecule has 0 aliphatic heterocycles. The topological polar surface area (TPSA) is 66.5 Å². The molecule has 2 aromatic carbocycles. The molecule has 1 N–H and O–H groups in total. The van der Waals surface area contributed by atoms with Crippen molar-refractivity contribution < 1.29 is 17.6 Å². The molecule has 23 heavy (non-hydrogen) atoms. The molecule has 2 rings (SSSR count). The molecule has 122 valence electrons. The standard InChI is InChI=1S/C16H17FN2O3S/c1-2-18-16(20)12-19(14-6-4-3-5-7-14)23(21,22)15-10-8-13(17)9-11-15/h3-11H,2,12H2,1H3,(H,18,20). The molecule has 5 nitrogen and oxygen atoms in total. The van der Waals surface area contributed by atoms with Gasteiger partial charge in [0.25, 0.3) is 10.0 Å². The second kappa shape index (κ2) is 7.23. The summed E-state index contributed by atoms with van der Waals surface area (Å²) in [6.45, 7) is 1.80. The number of hydrogen-bond donors (Lipinski definition) is 1. The lowest BCUT2D eigenvalue weighted by atomic mass is 10.3. The summed E-state index contributed by atoms with van der Waals surface area (Å²) in [5.74, 6) is -0.944. The van der Waals surface area contributed by atoms with Gasteiger partial charge in [0.15, 0.2) is 0 Å². The number of nitrogens with one attached hydrogen (secondary N) is 1. The van der Waals surface area contributed by atoms with Gasteiger partial charge in [0.1, 0.15) is 12.4 Å². The van der Waals surface area contributed by atoms with E-state index in [1.54, 1.807) is 37.3 Å². The molecule has 0 heterocycles. The zero-order valence-corrected chi connectivity index (χ0v) is 13.4. The average Bonchev–Trinajstić information content (AvgIpc) is 2.54. The van der Waals surface area contributed by atoms with Crippen LogP contribution < -0.4 is 9.62 Å². The normalized spacial score (nSPS) is 11.0. The Balaban J connectivity index is 2.43. The first-order valence-electron chi connectivity index (χ1n) is 7.05. The van der Waals surface area contributed by atoms with Crippen molar-refractivity contribution in [2.75, 3.05) is 17.4 Å². The van der Waals surface area contributed by atoms with Gasteiger partial charge >= 0.3 is 0 Å². The van der Waals surface area contributed by atoms with E-state index in [-0.39, 0.29) is 11.4 Å². The fourth-order valence-corrected chi connectivity index (χ4v) is 3.45. The van der Waals surface area contributed by atoms with Crippen LogP contribution in [0, 0.1) is 5.82 Å². The van der Waals surface area contributed by atoms with E-state index in [2.05, 4.69) is 5.32 Å². The highest BCUT2D eigenvalue weighted by Gasteiger charge is 2.26. The third-order valence-corrected chi connectivity index (χ3v) is 4.90. The van der Waals surface area contributed by atoms with Crippen molar-refractivity contribution in [3.63, 3.8) is 0 Å². The summed E-state index contributed by atoms with van der Waals surface area (Å²) in [4.78, 5) is 11.8. The number of benzene rings is 2. The maximum absolute atomic E-state index is 13.0. The molecule has 0 unspecified atom stereocenters. The van der Waals surface area contributed by atoms with Crippen LogP contribution in [0.1, 0.15) is 6.92 Å². The minimum atomic E-state index is -3.98. The summed E-state index contributed by atoms with van der Waals surface area (Å²) in [6, 6.07) is 12.8. The number of likely N-dealkylation sites (N-methyl/N-ethyl adjacent to an activating group) is 1. The zero-order valence-electron chi connectivity index (χ0n) is 12.6. The number of para-hydroxylation sites is 1. The summed E-state index contributed by atoms with van der Waals surface area (Å²) < 4.78 is 39.7. The van der Waals surface area contributed by atoms with E-state index in [9.17, 15) is 17.6 Å². The number of sulfonamides is 1. The molecule has 2 aromatic rings. The smallest absolute Gasteiger partial charge is 0.264 e. The monoisotopic (exact) mass is 336 g/mol. The van der Waals surface area contributed by atoms with Crippen LogP contribution in [0.2, 0.25) is 0 Å². The van der Waals surface area contributed by atoms with Crippen LogP contribution in [-0.2, 0) is 14.8 Å². The molecule has 7 heteroatoms. The molecular weight excluding hydrogens is 319 g/mol. The van der Waals surface area contributed by atoms with E-state index >= 15 is 0 Å². The van der Waals surface area contributed by atoms with Gasteiger partial charge in [-0.05, 0) is 43.3 Å². The molecule has 0 aromatic heterocycles. The lowest BCUT2D eigenvalue weighted by molar-refractivity contribution is -0.119. The molecule has 0 fully saturated rings. The summed E-state index contributed by atoms with van der Waals surface area (Å²) in [5, 5.41) is 2.57. The number of rotatable bonds is 6. The predicted octanol–water partition coefficient (Wildman–Crippen LogP) is 2.16. The highest BCUT2D eigenvalue weighted by Crippen LogP contribution is 2.23. The number of halogens is 1. The summed E-state index contributed by atoms with van der Waals surface area (Å²) in [6.07, 6.45) is 0. The summed E-state index contributed by atoms with van der Waals surface area (Å²) in [7, 11) is -3.98.